The number of H-pyrrole nitrogens is 1. The molecule has 96 valence electrons. The predicted octanol–water partition coefficient (Wildman–Crippen LogP) is 1.57. The fraction of sp³-hybridized carbons (Fsp3) is 0.417. The highest BCUT2D eigenvalue weighted by atomic mass is 16.1. The number of anilines is 1. The van der Waals surface area contributed by atoms with Gasteiger partial charge in [-0.15, -0.1) is 0 Å². The summed E-state index contributed by atoms with van der Waals surface area (Å²) in [5.41, 5.74) is 3.78. The quantitative estimate of drug-likeness (QED) is 0.864. The Bertz CT molecular complexity index is 562. The molecule has 0 spiro atoms. The minimum absolute atomic E-state index is 0.146. The lowest BCUT2D eigenvalue weighted by Crippen LogP contribution is -2.14. The smallest absolute Gasteiger partial charge is 0.259 e. The summed E-state index contributed by atoms with van der Waals surface area (Å²) < 4.78 is 1.66. The van der Waals surface area contributed by atoms with Gasteiger partial charge < -0.3 is 5.32 Å². The number of carbonyl (C=O) groups excluding carboxylic acids is 1. The van der Waals surface area contributed by atoms with E-state index in [-0.39, 0.29) is 5.91 Å². The van der Waals surface area contributed by atoms with Gasteiger partial charge in [0.1, 0.15) is 0 Å². The Morgan fingerprint density at radius 2 is 2.22 bits per heavy atom. The topological polar surface area (TPSA) is 75.6 Å². The van der Waals surface area contributed by atoms with E-state index in [9.17, 15) is 4.79 Å². The van der Waals surface area contributed by atoms with E-state index in [0.29, 0.717) is 5.56 Å². The summed E-state index contributed by atoms with van der Waals surface area (Å²) in [6.45, 7) is 5.70. The lowest BCUT2D eigenvalue weighted by molar-refractivity contribution is 0.102. The molecular formula is C12H17N5O. The Morgan fingerprint density at radius 3 is 2.78 bits per heavy atom. The Kier molecular flexibility index (Phi) is 3.18. The van der Waals surface area contributed by atoms with Crippen molar-refractivity contribution in [1.29, 1.82) is 0 Å². The molecule has 0 bridgehead atoms. The van der Waals surface area contributed by atoms with Crippen molar-refractivity contribution in [3.05, 3.63) is 28.8 Å². The van der Waals surface area contributed by atoms with Gasteiger partial charge >= 0.3 is 0 Å². The van der Waals surface area contributed by atoms with E-state index in [1.165, 1.54) is 0 Å². The third-order valence-electron chi connectivity index (χ3n) is 2.85. The van der Waals surface area contributed by atoms with E-state index in [2.05, 4.69) is 20.6 Å². The molecule has 2 aromatic heterocycles. The highest BCUT2D eigenvalue weighted by Crippen LogP contribution is 2.18. The lowest BCUT2D eigenvalue weighted by atomic mass is 10.2. The number of aromatic nitrogens is 4. The Labute approximate surface area is 105 Å². The first kappa shape index (κ1) is 12.3. The van der Waals surface area contributed by atoms with E-state index in [4.69, 9.17) is 0 Å². The van der Waals surface area contributed by atoms with Crippen molar-refractivity contribution >= 4 is 11.6 Å². The van der Waals surface area contributed by atoms with Crippen LogP contribution >= 0.6 is 0 Å². The minimum Gasteiger partial charge on any atom is -0.319 e. The summed E-state index contributed by atoms with van der Waals surface area (Å²) >= 11 is 0. The van der Waals surface area contributed by atoms with Crippen LogP contribution in [0.2, 0.25) is 0 Å². The number of nitrogens with zero attached hydrogens (tertiary/aromatic N) is 3. The van der Waals surface area contributed by atoms with Crippen molar-refractivity contribution in [3.8, 4) is 0 Å². The van der Waals surface area contributed by atoms with Crippen LogP contribution in [0.1, 0.15) is 34.4 Å². The summed E-state index contributed by atoms with van der Waals surface area (Å²) in [5.74, 6) is -0.146. The van der Waals surface area contributed by atoms with Gasteiger partial charge in [0.05, 0.1) is 28.3 Å². The van der Waals surface area contributed by atoms with Gasteiger partial charge in [0, 0.05) is 13.2 Å². The molecule has 6 nitrogen and oxygen atoms in total. The standard InChI is InChI=1S/C12H17N5O/c1-5-10-9(6-17(4)16-10)12(18)13-11-7(2)14-15-8(11)3/h6H,5H2,1-4H3,(H,13,18)(H,14,15). The van der Waals surface area contributed by atoms with Gasteiger partial charge in [-0.3, -0.25) is 14.6 Å². The molecule has 0 aromatic carbocycles. The number of amides is 1. The normalized spacial score (nSPS) is 10.7. The van der Waals surface area contributed by atoms with Crippen LogP contribution in [-0.4, -0.2) is 25.9 Å². The van der Waals surface area contributed by atoms with Crippen LogP contribution in [-0.2, 0) is 13.5 Å². The maximum absolute atomic E-state index is 12.2. The van der Waals surface area contributed by atoms with Crippen LogP contribution in [0, 0.1) is 13.8 Å². The molecule has 0 saturated carbocycles. The van der Waals surface area contributed by atoms with Gasteiger partial charge in [-0.05, 0) is 20.3 Å². The van der Waals surface area contributed by atoms with Crippen LogP contribution in [0.4, 0.5) is 5.69 Å². The molecule has 0 aliphatic heterocycles. The fourth-order valence-corrected chi connectivity index (χ4v) is 1.90. The molecule has 18 heavy (non-hydrogen) atoms. The fourth-order valence-electron chi connectivity index (χ4n) is 1.90. The van der Waals surface area contributed by atoms with Gasteiger partial charge in [-0.2, -0.15) is 10.2 Å². The Balaban J connectivity index is 2.27. The Hall–Kier alpha value is -2.11. The maximum atomic E-state index is 12.2. The summed E-state index contributed by atoms with van der Waals surface area (Å²) in [6.07, 6.45) is 2.46. The van der Waals surface area contributed by atoms with Crippen molar-refractivity contribution in [1.82, 2.24) is 20.0 Å². The van der Waals surface area contributed by atoms with Crippen molar-refractivity contribution in [2.75, 3.05) is 5.32 Å². The number of rotatable bonds is 3. The van der Waals surface area contributed by atoms with E-state index in [0.717, 1.165) is 29.2 Å². The largest absolute Gasteiger partial charge is 0.319 e. The second-order valence-corrected chi connectivity index (χ2v) is 4.28. The number of carbonyl (C=O) groups is 1. The molecule has 2 aromatic rings. The number of hydrogen-bond acceptors (Lipinski definition) is 3. The van der Waals surface area contributed by atoms with Crippen molar-refractivity contribution in [3.63, 3.8) is 0 Å². The molecule has 2 N–H and O–H groups in total. The molecule has 1 amide bonds. The zero-order valence-corrected chi connectivity index (χ0v) is 11.0. The Morgan fingerprint density at radius 1 is 1.50 bits per heavy atom. The highest BCUT2D eigenvalue weighted by molar-refractivity contribution is 6.05. The summed E-state index contributed by atoms with van der Waals surface area (Å²) in [6, 6.07) is 0. The van der Waals surface area contributed by atoms with Crippen molar-refractivity contribution < 1.29 is 4.79 Å². The van der Waals surface area contributed by atoms with Crippen LogP contribution < -0.4 is 5.32 Å². The average Bonchev–Trinajstić information content (AvgIpc) is 2.86. The summed E-state index contributed by atoms with van der Waals surface area (Å²) in [4.78, 5) is 12.2. The van der Waals surface area contributed by atoms with Gasteiger partial charge in [0.15, 0.2) is 0 Å². The third-order valence-corrected chi connectivity index (χ3v) is 2.85. The first-order valence-electron chi connectivity index (χ1n) is 5.88. The molecule has 0 aliphatic carbocycles. The zero-order valence-electron chi connectivity index (χ0n) is 11.0. The second-order valence-electron chi connectivity index (χ2n) is 4.28. The summed E-state index contributed by atoms with van der Waals surface area (Å²) in [5, 5.41) is 14.0. The lowest BCUT2D eigenvalue weighted by Gasteiger charge is -2.04. The van der Waals surface area contributed by atoms with Crippen LogP contribution in [0.15, 0.2) is 6.20 Å². The monoisotopic (exact) mass is 247 g/mol. The molecule has 6 heteroatoms. The van der Waals surface area contributed by atoms with Crippen molar-refractivity contribution in [2.24, 2.45) is 7.05 Å². The van der Waals surface area contributed by atoms with E-state index < -0.39 is 0 Å². The average molecular weight is 247 g/mol. The molecule has 0 aliphatic rings. The molecule has 0 atom stereocenters. The molecular weight excluding hydrogens is 230 g/mol. The molecule has 0 unspecified atom stereocenters. The molecule has 2 heterocycles. The van der Waals surface area contributed by atoms with Gasteiger partial charge in [-0.25, -0.2) is 0 Å². The summed E-state index contributed by atoms with van der Waals surface area (Å²) in [7, 11) is 1.81. The van der Waals surface area contributed by atoms with Gasteiger partial charge in [0.2, 0.25) is 0 Å². The van der Waals surface area contributed by atoms with E-state index >= 15 is 0 Å². The molecule has 2 rings (SSSR count). The number of aromatic amines is 1. The van der Waals surface area contributed by atoms with E-state index in [1.807, 2.05) is 27.8 Å². The third kappa shape index (κ3) is 2.13. The van der Waals surface area contributed by atoms with E-state index in [1.54, 1.807) is 10.9 Å². The predicted molar refractivity (Wildman–Crippen MR) is 68.6 cm³/mol. The van der Waals surface area contributed by atoms with Gasteiger partial charge in [-0.1, -0.05) is 6.92 Å². The minimum atomic E-state index is -0.146. The van der Waals surface area contributed by atoms with Gasteiger partial charge in [0.25, 0.3) is 5.91 Å². The molecule has 0 fully saturated rings. The van der Waals surface area contributed by atoms with Crippen molar-refractivity contribution in [2.45, 2.75) is 27.2 Å². The highest BCUT2D eigenvalue weighted by Gasteiger charge is 2.17. The number of hydrogen-bond donors (Lipinski definition) is 2. The molecule has 0 radical (unpaired) electrons. The molecule has 0 saturated heterocycles. The van der Waals surface area contributed by atoms with Crippen LogP contribution in [0.5, 0.6) is 0 Å². The first-order chi connectivity index (χ1) is 8.52. The zero-order chi connectivity index (χ0) is 13.3. The van der Waals surface area contributed by atoms with Crippen LogP contribution in [0.25, 0.3) is 0 Å². The number of aryl methyl sites for hydroxylation is 4. The maximum Gasteiger partial charge on any atom is 0.259 e. The second kappa shape index (κ2) is 4.64. The van der Waals surface area contributed by atoms with Crippen LogP contribution in [0.3, 0.4) is 0 Å². The number of nitrogens with one attached hydrogen (secondary N) is 2. The first-order valence-corrected chi connectivity index (χ1v) is 5.88. The SMILES string of the molecule is CCc1nn(C)cc1C(=O)Nc1c(C)n[nH]c1C.